The summed E-state index contributed by atoms with van der Waals surface area (Å²) in [6.07, 6.45) is 0. The Bertz CT molecular complexity index is 1090. The maximum absolute atomic E-state index is 13.3. The largest absolute Gasteiger partial charge is 0.301 e. The minimum absolute atomic E-state index is 0.109. The van der Waals surface area contributed by atoms with Gasteiger partial charge in [0.15, 0.2) is 5.13 Å². The van der Waals surface area contributed by atoms with Crippen LogP contribution in [0.15, 0.2) is 42.5 Å². The van der Waals surface area contributed by atoms with Gasteiger partial charge in [0.1, 0.15) is 5.82 Å². The fraction of sp³-hybridized carbons (Fsp3) is 0.318. The SMILES string of the molecule is CC1CN(Cc2ccc(C#N)cc2)CCN1CC(=O)Nc1nc2ccc(F)cc2s1. The number of hydrogen-bond donors (Lipinski definition) is 1. The summed E-state index contributed by atoms with van der Waals surface area (Å²) in [6, 6.07) is 14.5. The average molecular weight is 424 g/mol. The first-order valence-electron chi connectivity index (χ1n) is 9.81. The molecule has 1 aromatic heterocycles. The Morgan fingerprint density at radius 2 is 2.10 bits per heavy atom. The Hall–Kier alpha value is -2.86. The normalized spacial score (nSPS) is 17.7. The number of halogens is 1. The van der Waals surface area contributed by atoms with Crippen molar-refractivity contribution in [3.8, 4) is 6.07 Å². The Balaban J connectivity index is 1.29. The van der Waals surface area contributed by atoms with Gasteiger partial charge in [0, 0.05) is 32.2 Å². The molecule has 154 valence electrons. The van der Waals surface area contributed by atoms with E-state index in [1.165, 1.54) is 29.0 Å². The lowest BCUT2D eigenvalue weighted by atomic mass is 10.1. The maximum Gasteiger partial charge on any atom is 0.240 e. The van der Waals surface area contributed by atoms with E-state index in [1.54, 1.807) is 6.07 Å². The van der Waals surface area contributed by atoms with Crippen LogP contribution in [-0.2, 0) is 11.3 Å². The van der Waals surface area contributed by atoms with Crippen molar-refractivity contribution in [1.82, 2.24) is 14.8 Å². The van der Waals surface area contributed by atoms with Gasteiger partial charge in [0.05, 0.1) is 28.4 Å². The zero-order valence-electron chi connectivity index (χ0n) is 16.6. The predicted octanol–water partition coefficient (Wildman–Crippen LogP) is 3.45. The molecule has 0 saturated carbocycles. The molecule has 2 heterocycles. The number of fused-ring (bicyclic) bond motifs is 1. The van der Waals surface area contributed by atoms with Gasteiger partial charge in [0.2, 0.25) is 5.91 Å². The van der Waals surface area contributed by atoms with E-state index < -0.39 is 0 Å². The first kappa shape index (κ1) is 20.4. The van der Waals surface area contributed by atoms with Crippen LogP contribution in [-0.4, -0.2) is 52.9 Å². The molecule has 1 amide bonds. The molecular weight excluding hydrogens is 401 g/mol. The van der Waals surface area contributed by atoms with Crippen LogP contribution in [0.4, 0.5) is 9.52 Å². The molecule has 1 aliphatic heterocycles. The number of benzene rings is 2. The van der Waals surface area contributed by atoms with Crippen LogP contribution in [0.1, 0.15) is 18.1 Å². The lowest BCUT2D eigenvalue weighted by Crippen LogP contribution is -2.53. The highest BCUT2D eigenvalue weighted by molar-refractivity contribution is 7.22. The number of anilines is 1. The third-order valence-electron chi connectivity index (χ3n) is 5.28. The second kappa shape index (κ2) is 8.88. The van der Waals surface area contributed by atoms with E-state index in [2.05, 4.69) is 33.1 Å². The summed E-state index contributed by atoms with van der Waals surface area (Å²) in [5.74, 6) is -0.418. The summed E-state index contributed by atoms with van der Waals surface area (Å²) in [7, 11) is 0. The number of carbonyl (C=O) groups is 1. The second-order valence-corrected chi connectivity index (χ2v) is 8.57. The molecule has 6 nitrogen and oxygen atoms in total. The van der Waals surface area contributed by atoms with Crippen molar-refractivity contribution in [1.29, 1.82) is 5.26 Å². The number of thiazole rings is 1. The summed E-state index contributed by atoms with van der Waals surface area (Å²) >= 11 is 1.28. The van der Waals surface area contributed by atoms with Gasteiger partial charge in [-0.05, 0) is 42.8 Å². The van der Waals surface area contributed by atoms with E-state index in [1.807, 2.05) is 24.3 Å². The van der Waals surface area contributed by atoms with E-state index in [4.69, 9.17) is 5.26 Å². The van der Waals surface area contributed by atoms with Crippen LogP contribution in [0.3, 0.4) is 0 Å². The summed E-state index contributed by atoms with van der Waals surface area (Å²) in [4.78, 5) is 21.4. The highest BCUT2D eigenvalue weighted by atomic mass is 32.1. The van der Waals surface area contributed by atoms with Crippen LogP contribution >= 0.6 is 11.3 Å². The maximum atomic E-state index is 13.3. The molecule has 30 heavy (non-hydrogen) atoms. The molecule has 1 atom stereocenters. The lowest BCUT2D eigenvalue weighted by molar-refractivity contribution is -0.118. The molecule has 1 fully saturated rings. The summed E-state index contributed by atoms with van der Waals surface area (Å²) in [5.41, 5.74) is 2.53. The van der Waals surface area contributed by atoms with E-state index in [-0.39, 0.29) is 17.8 Å². The van der Waals surface area contributed by atoms with Gasteiger partial charge in [-0.2, -0.15) is 5.26 Å². The fourth-order valence-electron chi connectivity index (χ4n) is 3.69. The van der Waals surface area contributed by atoms with E-state index >= 15 is 0 Å². The van der Waals surface area contributed by atoms with Gasteiger partial charge in [-0.3, -0.25) is 14.6 Å². The summed E-state index contributed by atoms with van der Waals surface area (Å²) in [5, 5.41) is 12.2. The van der Waals surface area contributed by atoms with Gasteiger partial charge >= 0.3 is 0 Å². The Labute approximate surface area is 178 Å². The monoisotopic (exact) mass is 423 g/mol. The zero-order chi connectivity index (χ0) is 21.1. The number of hydrogen-bond acceptors (Lipinski definition) is 6. The van der Waals surface area contributed by atoms with Crippen LogP contribution in [0.25, 0.3) is 10.2 Å². The van der Waals surface area contributed by atoms with Crippen molar-refractivity contribution in [2.24, 2.45) is 0 Å². The minimum atomic E-state index is -0.309. The number of nitrogens with one attached hydrogen (secondary N) is 1. The first-order chi connectivity index (χ1) is 14.5. The summed E-state index contributed by atoms with van der Waals surface area (Å²) < 4.78 is 14.0. The van der Waals surface area contributed by atoms with Gasteiger partial charge in [-0.15, -0.1) is 0 Å². The highest BCUT2D eigenvalue weighted by Crippen LogP contribution is 2.26. The van der Waals surface area contributed by atoms with Gasteiger partial charge in [-0.25, -0.2) is 9.37 Å². The molecule has 3 aromatic rings. The molecule has 1 saturated heterocycles. The van der Waals surface area contributed by atoms with E-state index in [9.17, 15) is 9.18 Å². The van der Waals surface area contributed by atoms with Crippen LogP contribution in [0.5, 0.6) is 0 Å². The molecule has 2 aromatic carbocycles. The van der Waals surface area contributed by atoms with Crippen molar-refractivity contribution < 1.29 is 9.18 Å². The lowest BCUT2D eigenvalue weighted by Gasteiger charge is -2.39. The average Bonchev–Trinajstić information content (AvgIpc) is 3.11. The number of piperazine rings is 1. The second-order valence-electron chi connectivity index (χ2n) is 7.54. The molecule has 1 aliphatic rings. The number of rotatable bonds is 5. The number of carbonyl (C=O) groups excluding carboxylic acids is 1. The van der Waals surface area contributed by atoms with Crippen molar-refractivity contribution in [2.45, 2.75) is 19.5 Å². The molecule has 0 spiro atoms. The summed E-state index contributed by atoms with van der Waals surface area (Å²) in [6.45, 7) is 5.80. The molecule has 0 radical (unpaired) electrons. The van der Waals surface area contributed by atoms with Crippen molar-refractivity contribution >= 4 is 32.6 Å². The number of amides is 1. The Morgan fingerprint density at radius 1 is 1.30 bits per heavy atom. The van der Waals surface area contributed by atoms with Gasteiger partial charge in [0.25, 0.3) is 0 Å². The van der Waals surface area contributed by atoms with Crippen molar-refractivity contribution in [2.75, 3.05) is 31.5 Å². The van der Waals surface area contributed by atoms with Crippen LogP contribution in [0.2, 0.25) is 0 Å². The molecule has 0 bridgehead atoms. The molecular formula is C22H22FN5OS. The van der Waals surface area contributed by atoms with Crippen LogP contribution < -0.4 is 5.32 Å². The number of nitriles is 1. The predicted molar refractivity (Wildman–Crippen MR) is 116 cm³/mol. The zero-order valence-corrected chi connectivity index (χ0v) is 17.5. The highest BCUT2D eigenvalue weighted by Gasteiger charge is 2.25. The van der Waals surface area contributed by atoms with Crippen molar-refractivity contribution in [3.05, 3.63) is 59.4 Å². The number of nitrogens with zero attached hydrogens (tertiary/aromatic N) is 4. The topological polar surface area (TPSA) is 72.3 Å². The molecule has 1 N–H and O–H groups in total. The third-order valence-corrected chi connectivity index (χ3v) is 6.22. The third kappa shape index (κ3) is 4.82. The molecule has 0 aliphatic carbocycles. The smallest absolute Gasteiger partial charge is 0.240 e. The molecule has 4 rings (SSSR count). The minimum Gasteiger partial charge on any atom is -0.301 e. The quantitative estimate of drug-likeness (QED) is 0.681. The standard InChI is InChI=1S/C22H22FN5OS/c1-15-12-27(13-17-4-2-16(11-24)3-5-17)8-9-28(15)14-21(29)26-22-25-19-7-6-18(23)10-20(19)30-22/h2-7,10,15H,8-9,12-14H2,1H3,(H,25,26,29). The Kier molecular flexibility index (Phi) is 6.04. The Morgan fingerprint density at radius 3 is 2.83 bits per heavy atom. The first-order valence-corrected chi connectivity index (χ1v) is 10.6. The fourth-order valence-corrected chi connectivity index (χ4v) is 4.59. The molecule has 8 heteroatoms. The van der Waals surface area contributed by atoms with Gasteiger partial charge < -0.3 is 5.32 Å². The van der Waals surface area contributed by atoms with Crippen molar-refractivity contribution in [3.63, 3.8) is 0 Å². The number of aromatic nitrogens is 1. The van der Waals surface area contributed by atoms with E-state index in [0.29, 0.717) is 22.8 Å². The van der Waals surface area contributed by atoms with E-state index in [0.717, 1.165) is 30.9 Å². The molecule has 1 unspecified atom stereocenters. The van der Waals surface area contributed by atoms with Gasteiger partial charge in [-0.1, -0.05) is 23.5 Å². The van der Waals surface area contributed by atoms with Crippen LogP contribution in [0, 0.1) is 17.1 Å².